The first kappa shape index (κ1) is 13.4. The summed E-state index contributed by atoms with van der Waals surface area (Å²) < 4.78 is 5.56. The Labute approximate surface area is 111 Å². The number of hydrogen-bond donors (Lipinski definition) is 1. The maximum atomic E-state index is 5.56. The first-order valence-electron chi connectivity index (χ1n) is 7.05. The number of hydrogen-bond acceptors (Lipinski definition) is 2. The second kappa shape index (κ2) is 5.75. The number of nitrogens with one attached hydrogen (secondary N) is 1. The standard InChI is InChI=1S/C16H25NO/c1-11(2)14-10-13(9-12(3)16(14)18-4)15-7-5-6-8-17-15/h9-11,15,17H,5-8H2,1-4H3. The van der Waals surface area contributed by atoms with Crippen LogP contribution in [0.1, 0.15) is 61.8 Å². The average molecular weight is 247 g/mol. The zero-order valence-corrected chi connectivity index (χ0v) is 12.0. The molecule has 0 aromatic heterocycles. The van der Waals surface area contributed by atoms with E-state index in [1.807, 2.05) is 0 Å². The van der Waals surface area contributed by atoms with Crippen LogP contribution in [-0.4, -0.2) is 13.7 Å². The SMILES string of the molecule is COc1c(C)cc(C2CCCCN2)cc1C(C)C. The highest BCUT2D eigenvalue weighted by atomic mass is 16.5. The molecule has 0 radical (unpaired) electrons. The van der Waals surface area contributed by atoms with Gasteiger partial charge in [0, 0.05) is 6.04 Å². The molecule has 1 N–H and O–H groups in total. The van der Waals surface area contributed by atoms with E-state index in [1.165, 1.54) is 36.0 Å². The van der Waals surface area contributed by atoms with E-state index in [9.17, 15) is 0 Å². The van der Waals surface area contributed by atoms with Crippen LogP contribution >= 0.6 is 0 Å². The average Bonchev–Trinajstić information content (AvgIpc) is 2.38. The monoisotopic (exact) mass is 247 g/mol. The van der Waals surface area contributed by atoms with Crippen LogP contribution in [0.3, 0.4) is 0 Å². The largest absolute Gasteiger partial charge is 0.496 e. The number of benzene rings is 1. The molecule has 1 saturated heterocycles. The molecule has 0 spiro atoms. The third kappa shape index (κ3) is 2.69. The third-order valence-corrected chi connectivity index (χ3v) is 3.86. The second-order valence-electron chi connectivity index (χ2n) is 5.62. The third-order valence-electron chi connectivity index (χ3n) is 3.86. The molecular formula is C16H25NO. The number of piperidine rings is 1. The fourth-order valence-corrected chi connectivity index (χ4v) is 2.88. The van der Waals surface area contributed by atoms with Gasteiger partial charge >= 0.3 is 0 Å². The number of rotatable bonds is 3. The topological polar surface area (TPSA) is 21.3 Å². The summed E-state index contributed by atoms with van der Waals surface area (Å²) >= 11 is 0. The molecule has 2 heteroatoms. The van der Waals surface area contributed by atoms with Crippen LogP contribution in [-0.2, 0) is 0 Å². The van der Waals surface area contributed by atoms with E-state index in [0.717, 1.165) is 12.3 Å². The lowest BCUT2D eigenvalue weighted by atomic mass is 9.91. The van der Waals surface area contributed by atoms with Crippen LogP contribution in [0.15, 0.2) is 12.1 Å². The number of aryl methyl sites for hydroxylation is 1. The van der Waals surface area contributed by atoms with Gasteiger partial charge in [-0.1, -0.05) is 32.4 Å². The molecule has 18 heavy (non-hydrogen) atoms. The molecule has 0 aliphatic carbocycles. The highest BCUT2D eigenvalue weighted by Gasteiger charge is 2.18. The van der Waals surface area contributed by atoms with Crippen LogP contribution in [0.2, 0.25) is 0 Å². The molecule has 1 atom stereocenters. The van der Waals surface area contributed by atoms with E-state index in [1.54, 1.807) is 7.11 Å². The smallest absolute Gasteiger partial charge is 0.125 e. The summed E-state index contributed by atoms with van der Waals surface area (Å²) in [6, 6.07) is 5.15. The lowest BCUT2D eigenvalue weighted by Gasteiger charge is -2.26. The highest BCUT2D eigenvalue weighted by Crippen LogP contribution is 2.34. The van der Waals surface area contributed by atoms with E-state index in [-0.39, 0.29) is 0 Å². The Morgan fingerprint density at radius 1 is 1.28 bits per heavy atom. The van der Waals surface area contributed by atoms with Gasteiger partial charge in [-0.25, -0.2) is 0 Å². The molecular weight excluding hydrogens is 222 g/mol. The maximum Gasteiger partial charge on any atom is 0.125 e. The Morgan fingerprint density at radius 3 is 2.61 bits per heavy atom. The minimum atomic E-state index is 0.502. The molecule has 1 fully saturated rings. The zero-order chi connectivity index (χ0) is 13.1. The van der Waals surface area contributed by atoms with E-state index in [2.05, 4.69) is 38.2 Å². The van der Waals surface area contributed by atoms with Crippen molar-refractivity contribution in [2.75, 3.05) is 13.7 Å². The minimum Gasteiger partial charge on any atom is -0.496 e. The van der Waals surface area contributed by atoms with Crippen molar-refractivity contribution in [2.45, 2.75) is 52.0 Å². The molecule has 1 aromatic carbocycles. The van der Waals surface area contributed by atoms with Crippen molar-refractivity contribution < 1.29 is 4.74 Å². The predicted molar refractivity (Wildman–Crippen MR) is 76.4 cm³/mol. The summed E-state index contributed by atoms with van der Waals surface area (Å²) in [5.41, 5.74) is 4.02. The molecule has 0 amide bonds. The Kier molecular flexibility index (Phi) is 4.28. The zero-order valence-electron chi connectivity index (χ0n) is 12.0. The van der Waals surface area contributed by atoms with Crippen LogP contribution in [0.25, 0.3) is 0 Å². The molecule has 100 valence electrons. The highest BCUT2D eigenvalue weighted by molar-refractivity contribution is 5.46. The first-order valence-corrected chi connectivity index (χ1v) is 7.05. The van der Waals surface area contributed by atoms with Crippen LogP contribution in [0.5, 0.6) is 5.75 Å². The van der Waals surface area contributed by atoms with E-state index in [4.69, 9.17) is 4.74 Å². The summed E-state index contributed by atoms with van der Waals surface area (Å²) in [5.74, 6) is 1.56. The molecule has 1 aromatic rings. The molecule has 2 nitrogen and oxygen atoms in total. The van der Waals surface area contributed by atoms with Crippen LogP contribution in [0, 0.1) is 6.92 Å². The van der Waals surface area contributed by atoms with Gasteiger partial charge in [0.2, 0.25) is 0 Å². The van der Waals surface area contributed by atoms with Crippen molar-refractivity contribution in [1.29, 1.82) is 0 Å². The van der Waals surface area contributed by atoms with Gasteiger partial charge in [-0.2, -0.15) is 0 Å². The van der Waals surface area contributed by atoms with Crippen LogP contribution < -0.4 is 10.1 Å². The Balaban J connectivity index is 2.37. The fourth-order valence-electron chi connectivity index (χ4n) is 2.88. The van der Waals surface area contributed by atoms with Gasteiger partial charge < -0.3 is 10.1 Å². The second-order valence-corrected chi connectivity index (χ2v) is 5.62. The van der Waals surface area contributed by atoms with Gasteiger partial charge in [-0.15, -0.1) is 0 Å². The summed E-state index contributed by atoms with van der Waals surface area (Å²) in [6.45, 7) is 7.76. The van der Waals surface area contributed by atoms with Crippen molar-refractivity contribution in [3.05, 3.63) is 28.8 Å². The number of ether oxygens (including phenoxy) is 1. The lowest BCUT2D eigenvalue weighted by molar-refractivity contribution is 0.398. The normalized spacial score (nSPS) is 20.2. The summed E-state index contributed by atoms with van der Waals surface area (Å²) in [7, 11) is 1.77. The summed E-state index contributed by atoms with van der Waals surface area (Å²) in [5, 5.41) is 3.63. The van der Waals surface area contributed by atoms with E-state index in [0.29, 0.717) is 12.0 Å². The fraction of sp³-hybridized carbons (Fsp3) is 0.625. The summed E-state index contributed by atoms with van der Waals surface area (Å²) in [6.07, 6.45) is 3.89. The molecule has 0 saturated carbocycles. The van der Waals surface area contributed by atoms with Gasteiger partial charge in [0.15, 0.2) is 0 Å². The summed E-state index contributed by atoms with van der Waals surface area (Å²) in [4.78, 5) is 0. The van der Waals surface area contributed by atoms with Crippen molar-refractivity contribution >= 4 is 0 Å². The van der Waals surface area contributed by atoms with Crippen molar-refractivity contribution in [2.24, 2.45) is 0 Å². The number of methoxy groups -OCH3 is 1. The van der Waals surface area contributed by atoms with Gasteiger partial charge in [0.25, 0.3) is 0 Å². The van der Waals surface area contributed by atoms with Crippen molar-refractivity contribution in [3.63, 3.8) is 0 Å². The molecule has 2 rings (SSSR count). The Hall–Kier alpha value is -1.02. The Morgan fingerprint density at radius 2 is 2.06 bits per heavy atom. The van der Waals surface area contributed by atoms with Gasteiger partial charge in [0.1, 0.15) is 5.75 Å². The van der Waals surface area contributed by atoms with Gasteiger partial charge in [0.05, 0.1) is 7.11 Å². The van der Waals surface area contributed by atoms with Crippen molar-refractivity contribution in [3.8, 4) is 5.75 Å². The minimum absolute atomic E-state index is 0.502. The maximum absolute atomic E-state index is 5.56. The van der Waals surface area contributed by atoms with Gasteiger partial charge in [-0.05, 0) is 48.9 Å². The van der Waals surface area contributed by atoms with Crippen LogP contribution in [0.4, 0.5) is 0 Å². The van der Waals surface area contributed by atoms with Crippen molar-refractivity contribution in [1.82, 2.24) is 5.32 Å². The molecule has 1 unspecified atom stereocenters. The quantitative estimate of drug-likeness (QED) is 0.873. The molecule has 0 bridgehead atoms. The Bertz CT molecular complexity index is 406. The molecule has 1 heterocycles. The molecule has 1 aliphatic heterocycles. The van der Waals surface area contributed by atoms with E-state index >= 15 is 0 Å². The van der Waals surface area contributed by atoms with Gasteiger partial charge in [-0.3, -0.25) is 0 Å². The predicted octanol–water partition coefficient (Wildman–Crippen LogP) is 3.94. The lowest BCUT2D eigenvalue weighted by Crippen LogP contribution is -2.27. The molecule has 1 aliphatic rings. The van der Waals surface area contributed by atoms with E-state index < -0.39 is 0 Å². The first-order chi connectivity index (χ1) is 8.63.